The SMILES string of the molecule is O=Cc1cc(F)cc(Oc2cc(F)c(Br)cc2[N+](=O)[O-])c1. The summed E-state index contributed by atoms with van der Waals surface area (Å²) >= 11 is 2.83. The van der Waals surface area contributed by atoms with E-state index in [2.05, 4.69) is 15.9 Å². The number of nitro groups is 1. The Balaban J connectivity index is 2.48. The normalized spacial score (nSPS) is 10.2. The summed E-state index contributed by atoms with van der Waals surface area (Å²) in [5.41, 5.74) is -0.509. The average Bonchev–Trinajstić information content (AvgIpc) is 2.41. The maximum atomic E-state index is 13.5. The molecule has 0 radical (unpaired) electrons. The lowest BCUT2D eigenvalue weighted by molar-refractivity contribution is -0.385. The van der Waals surface area contributed by atoms with Gasteiger partial charge in [-0.1, -0.05) is 0 Å². The Kier molecular flexibility index (Phi) is 4.27. The van der Waals surface area contributed by atoms with Gasteiger partial charge in [0.15, 0.2) is 0 Å². The molecule has 108 valence electrons. The molecule has 0 aliphatic rings. The van der Waals surface area contributed by atoms with Crippen molar-refractivity contribution in [2.24, 2.45) is 0 Å². The van der Waals surface area contributed by atoms with Crippen molar-refractivity contribution in [3.63, 3.8) is 0 Å². The van der Waals surface area contributed by atoms with E-state index >= 15 is 0 Å². The quantitative estimate of drug-likeness (QED) is 0.466. The largest absolute Gasteiger partial charge is 0.450 e. The summed E-state index contributed by atoms with van der Waals surface area (Å²) in [5.74, 6) is -2.08. The van der Waals surface area contributed by atoms with Crippen molar-refractivity contribution in [1.29, 1.82) is 0 Å². The molecule has 0 atom stereocenters. The highest BCUT2D eigenvalue weighted by atomic mass is 79.9. The predicted octanol–water partition coefficient (Wildman–Crippen LogP) is 4.24. The summed E-state index contributed by atoms with van der Waals surface area (Å²) in [6, 6.07) is 4.81. The molecule has 21 heavy (non-hydrogen) atoms. The summed E-state index contributed by atoms with van der Waals surface area (Å²) in [6.45, 7) is 0. The second-order valence-electron chi connectivity index (χ2n) is 3.93. The number of ether oxygens (including phenoxy) is 1. The molecule has 0 bridgehead atoms. The molecular weight excluding hydrogens is 352 g/mol. The number of carbonyl (C=O) groups excluding carboxylic acids is 1. The van der Waals surface area contributed by atoms with Crippen LogP contribution in [0.15, 0.2) is 34.8 Å². The van der Waals surface area contributed by atoms with Gasteiger partial charge in [-0.25, -0.2) is 8.78 Å². The van der Waals surface area contributed by atoms with Gasteiger partial charge in [-0.2, -0.15) is 0 Å². The van der Waals surface area contributed by atoms with Gasteiger partial charge in [0.1, 0.15) is 23.7 Å². The summed E-state index contributed by atoms with van der Waals surface area (Å²) in [6.07, 6.45) is 0.395. The standard InChI is InChI=1S/C13H6BrF2NO4/c14-10-4-12(17(19)20)13(5-11(10)16)21-9-2-7(6-18)1-8(15)3-9/h1-6H. The van der Waals surface area contributed by atoms with Crippen molar-refractivity contribution in [3.8, 4) is 11.5 Å². The van der Waals surface area contributed by atoms with Crippen LogP contribution in [0.3, 0.4) is 0 Å². The highest BCUT2D eigenvalue weighted by molar-refractivity contribution is 9.10. The summed E-state index contributed by atoms with van der Waals surface area (Å²) in [7, 11) is 0. The van der Waals surface area contributed by atoms with E-state index < -0.39 is 28.0 Å². The molecule has 0 heterocycles. The Hall–Kier alpha value is -2.35. The number of benzene rings is 2. The Morgan fingerprint density at radius 1 is 1.19 bits per heavy atom. The second kappa shape index (κ2) is 5.96. The number of nitro benzene ring substituents is 1. The number of nitrogens with zero attached hydrogens (tertiary/aromatic N) is 1. The highest BCUT2D eigenvalue weighted by Gasteiger charge is 2.20. The molecule has 8 heteroatoms. The van der Waals surface area contributed by atoms with Crippen LogP contribution in [-0.4, -0.2) is 11.2 Å². The van der Waals surface area contributed by atoms with Gasteiger partial charge >= 0.3 is 5.69 Å². The lowest BCUT2D eigenvalue weighted by Crippen LogP contribution is -1.96. The molecule has 0 aromatic heterocycles. The smallest absolute Gasteiger partial charge is 0.312 e. The van der Waals surface area contributed by atoms with Crippen molar-refractivity contribution in [3.05, 3.63) is 62.1 Å². The fourth-order valence-electron chi connectivity index (χ4n) is 1.58. The van der Waals surface area contributed by atoms with Gasteiger partial charge in [0, 0.05) is 23.8 Å². The first-order chi connectivity index (χ1) is 9.90. The van der Waals surface area contributed by atoms with E-state index in [1.165, 1.54) is 6.07 Å². The average molecular weight is 358 g/mol. The van der Waals surface area contributed by atoms with E-state index in [9.17, 15) is 23.7 Å². The first-order valence-electron chi connectivity index (χ1n) is 5.48. The molecule has 0 spiro atoms. The van der Waals surface area contributed by atoms with Crippen LogP contribution in [0.2, 0.25) is 0 Å². The van der Waals surface area contributed by atoms with Crippen LogP contribution < -0.4 is 4.74 Å². The van der Waals surface area contributed by atoms with Crippen LogP contribution in [0.1, 0.15) is 10.4 Å². The number of hydrogen-bond acceptors (Lipinski definition) is 4. The van der Waals surface area contributed by atoms with Crippen LogP contribution in [0.4, 0.5) is 14.5 Å². The van der Waals surface area contributed by atoms with Crippen LogP contribution >= 0.6 is 15.9 Å². The molecule has 2 aromatic rings. The van der Waals surface area contributed by atoms with E-state index in [1.54, 1.807) is 0 Å². The Morgan fingerprint density at radius 2 is 1.90 bits per heavy atom. The minimum absolute atomic E-state index is 0.00904. The third kappa shape index (κ3) is 3.40. The lowest BCUT2D eigenvalue weighted by atomic mass is 10.2. The third-order valence-corrected chi connectivity index (χ3v) is 3.06. The second-order valence-corrected chi connectivity index (χ2v) is 4.79. The van der Waals surface area contributed by atoms with Crippen LogP contribution in [0, 0.1) is 21.7 Å². The molecule has 0 saturated carbocycles. The van der Waals surface area contributed by atoms with Gasteiger partial charge in [0.2, 0.25) is 5.75 Å². The molecule has 0 unspecified atom stereocenters. The topological polar surface area (TPSA) is 69.4 Å². The number of aldehydes is 1. The zero-order chi connectivity index (χ0) is 15.6. The number of carbonyl (C=O) groups is 1. The maximum absolute atomic E-state index is 13.5. The van der Waals surface area contributed by atoms with Crippen LogP contribution in [0.5, 0.6) is 11.5 Å². The minimum atomic E-state index is -0.775. The molecule has 0 fully saturated rings. The van der Waals surface area contributed by atoms with Gasteiger partial charge in [-0.05, 0) is 28.1 Å². The van der Waals surface area contributed by atoms with Crippen molar-refractivity contribution >= 4 is 27.9 Å². The zero-order valence-corrected chi connectivity index (χ0v) is 11.8. The van der Waals surface area contributed by atoms with E-state index in [1.807, 2.05) is 0 Å². The molecule has 0 saturated heterocycles. The fraction of sp³-hybridized carbons (Fsp3) is 0. The molecule has 0 N–H and O–H groups in total. The van der Waals surface area contributed by atoms with Gasteiger partial charge in [-0.3, -0.25) is 14.9 Å². The van der Waals surface area contributed by atoms with Crippen LogP contribution in [-0.2, 0) is 0 Å². The maximum Gasteiger partial charge on any atom is 0.312 e. The summed E-state index contributed by atoms with van der Waals surface area (Å²) in [4.78, 5) is 20.8. The van der Waals surface area contributed by atoms with Gasteiger partial charge in [-0.15, -0.1) is 0 Å². The number of hydrogen-bond donors (Lipinski definition) is 0. The predicted molar refractivity (Wildman–Crippen MR) is 72.6 cm³/mol. The number of rotatable bonds is 4. The summed E-state index contributed by atoms with van der Waals surface area (Å²) in [5, 5.41) is 10.9. The zero-order valence-electron chi connectivity index (χ0n) is 10.2. The molecular formula is C13H6BrF2NO4. The van der Waals surface area contributed by atoms with E-state index in [0.717, 1.165) is 24.3 Å². The lowest BCUT2D eigenvalue weighted by Gasteiger charge is -2.08. The first-order valence-corrected chi connectivity index (χ1v) is 6.27. The van der Waals surface area contributed by atoms with Crippen molar-refractivity contribution in [2.75, 3.05) is 0 Å². The fourth-order valence-corrected chi connectivity index (χ4v) is 1.91. The molecule has 0 aliphatic heterocycles. The van der Waals surface area contributed by atoms with Gasteiger partial charge < -0.3 is 4.74 Å². The van der Waals surface area contributed by atoms with E-state index in [0.29, 0.717) is 6.29 Å². The minimum Gasteiger partial charge on any atom is -0.450 e. The van der Waals surface area contributed by atoms with Crippen molar-refractivity contribution < 1.29 is 23.2 Å². The molecule has 0 amide bonds. The first kappa shape index (κ1) is 15.0. The van der Waals surface area contributed by atoms with Gasteiger partial charge in [0.05, 0.1) is 9.40 Å². The highest BCUT2D eigenvalue weighted by Crippen LogP contribution is 2.35. The van der Waals surface area contributed by atoms with E-state index in [4.69, 9.17) is 4.74 Å². The Morgan fingerprint density at radius 3 is 2.52 bits per heavy atom. The van der Waals surface area contributed by atoms with Crippen molar-refractivity contribution in [2.45, 2.75) is 0 Å². The molecule has 0 aliphatic carbocycles. The molecule has 5 nitrogen and oxygen atoms in total. The molecule has 2 rings (SSSR count). The Bertz CT molecular complexity index is 736. The Labute approximate surface area is 125 Å². The third-order valence-electron chi connectivity index (χ3n) is 2.46. The monoisotopic (exact) mass is 357 g/mol. The van der Waals surface area contributed by atoms with Crippen molar-refractivity contribution in [1.82, 2.24) is 0 Å². The summed E-state index contributed by atoms with van der Waals surface area (Å²) < 4.78 is 31.8. The van der Waals surface area contributed by atoms with Gasteiger partial charge in [0.25, 0.3) is 0 Å². The van der Waals surface area contributed by atoms with Crippen LogP contribution in [0.25, 0.3) is 0 Å². The number of halogens is 3. The molecule has 2 aromatic carbocycles. The van der Waals surface area contributed by atoms with E-state index in [-0.39, 0.29) is 15.8 Å².